The van der Waals surface area contributed by atoms with Gasteiger partial charge in [0.25, 0.3) is 0 Å². The van der Waals surface area contributed by atoms with Crippen molar-refractivity contribution >= 4 is 33.5 Å². The highest BCUT2D eigenvalue weighted by Crippen LogP contribution is 2.33. The highest BCUT2D eigenvalue weighted by atomic mass is 79.9. The smallest absolute Gasteiger partial charge is 0.410 e. The molecule has 0 N–H and O–H groups in total. The van der Waals surface area contributed by atoms with Gasteiger partial charge in [0.15, 0.2) is 5.82 Å². The number of hydrogen-bond acceptors (Lipinski definition) is 5. The van der Waals surface area contributed by atoms with Crippen LogP contribution < -0.4 is 9.80 Å². The van der Waals surface area contributed by atoms with Crippen molar-refractivity contribution in [1.82, 2.24) is 9.88 Å². The molecule has 2 fully saturated rings. The number of nitrogens with zero attached hydrogens (tertiary/aromatic N) is 4. The van der Waals surface area contributed by atoms with Crippen molar-refractivity contribution < 1.29 is 13.9 Å². The predicted octanol–water partition coefficient (Wildman–Crippen LogP) is 3.45. The Labute approximate surface area is 162 Å². The first-order valence-electron chi connectivity index (χ1n) is 9.00. The van der Waals surface area contributed by atoms with Crippen LogP contribution in [0.5, 0.6) is 0 Å². The molecule has 1 aromatic heterocycles. The molecular weight excluding hydrogens is 403 g/mol. The van der Waals surface area contributed by atoms with E-state index in [0.29, 0.717) is 45.7 Å². The Kier molecular flexibility index (Phi) is 5.60. The maximum absolute atomic E-state index is 13.7. The monoisotopic (exact) mass is 428 g/mol. The fourth-order valence-corrected chi connectivity index (χ4v) is 3.58. The number of anilines is 2. The van der Waals surface area contributed by atoms with Gasteiger partial charge in [0.05, 0.1) is 5.69 Å². The van der Waals surface area contributed by atoms with E-state index in [1.54, 1.807) is 11.1 Å². The highest BCUT2D eigenvalue weighted by Gasteiger charge is 2.30. The number of halogens is 2. The van der Waals surface area contributed by atoms with Crippen molar-refractivity contribution in [2.24, 2.45) is 0 Å². The quantitative estimate of drug-likeness (QED) is 0.721. The SMILES string of the molecule is CC(C)(C)OC(=O)N1CCN(c2ncc(Br)cc2N2CC[C@H](F)C2)CC1. The van der Waals surface area contributed by atoms with Crippen LogP contribution in [0.2, 0.25) is 0 Å². The Morgan fingerprint density at radius 1 is 1.23 bits per heavy atom. The van der Waals surface area contributed by atoms with Crippen LogP contribution in [-0.2, 0) is 4.74 Å². The number of amides is 1. The lowest BCUT2D eigenvalue weighted by Gasteiger charge is -2.37. The number of piperazine rings is 1. The van der Waals surface area contributed by atoms with Crippen LogP contribution in [0.15, 0.2) is 16.7 Å². The fraction of sp³-hybridized carbons (Fsp3) is 0.667. The van der Waals surface area contributed by atoms with Crippen molar-refractivity contribution in [2.45, 2.75) is 39.0 Å². The van der Waals surface area contributed by atoms with Crippen LogP contribution in [0.3, 0.4) is 0 Å². The van der Waals surface area contributed by atoms with E-state index in [1.807, 2.05) is 26.8 Å². The second-order valence-corrected chi connectivity index (χ2v) is 8.70. The van der Waals surface area contributed by atoms with Gasteiger partial charge in [-0.1, -0.05) is 0 Å². The largest absolute Gasteiger partial charge is 0.444 e. The van der Waals surface area contributed by atoms with Gasteiger partial charge in [-0.2, -0.15) is 0 Å². The van der Waals surface area contributed by atoms with E-state index in [0.717, 1.165) is 16.0 Å². The number of hydrogen-bond donors (Lipinski definition) is 0. The van der Waals surface area contributed by atoms with Crippen LogP contribution in [-0.4, -0.2) is 67.0 Å². The van der Waals surface area contributed by atoms with Crippen LogP contribution in [0.1, 0.15) is 27.2 Å². The van der Waals surface area contributed by atoms with Gasteiger partial charge >= 0.3 is 6.09 Å². The topological polar surface area (TPSA) is 48.9 Å². The van der Waals surface area contributed by atoms with E-state index in [1.165, 1.54) is 0 Å². The lowest BCUT2D eigenvalue weighted by atomic mass is 10.2. The maximum Gasteiger partial charge on any atom is 0.410 e. The van der Waals surface area contributed by atoms with Crippen molar-refractivity contribution in [2.75, 3.05) is 49.1 Å². The summed E-state index contributed by atoms with van der Waals surface area (Å²) in [6, 6.07) is 2.00. The Hall–Kier alpha value is -1.57. The van der Waals surface area contributed by atoms with Crippen LogP contribution >= 0.6 is 15.9 Å². The summed E-state index contributed by atoms with van der Waals surface area (Å²) in [5.74, 6) is 0.853. The van der Waals surface area contributed by atoms with Gasteiger partial charge in [0.1, 0.15) is 11.8 Å². The van der Waals surface area contributed by atoms with Gasteiger partial charge in [-0.05, 0) is 49.2 Å². The number of pyridine rings is 1. The molecule has 3 rings (SSSR count). The van der Waals surface area contributed by atoms with E-state index >= 15 is 0 Å². The van der Waals surface area contributed by atoms with Crippen LogP contribution in [0.4, 0.5) is 20.7 Å². The van der Waals surface area contributed by atoms with Gasteiger partial charge in [0.2, 0.25) is 0 Å². The molecule has 26 heavy (non-hydrogen) atoms. The summed E-state index contributed by atoms with van der Waals surface area (Å²) in [6.45, 7) is 9.22. The lowest BCUT2D eigenvalue weighted by Crippen LogP contribution is -2.50. The standard InChI is InChI=1S/C18H26BrFN4O2/c1-18(2,3)26-17(25)23-8-6-22(7-9-23)16-15(10-13(19)11-21-16)24-5-4-14(20)12-24/h10-11,14H,4-9,12H2,1-3H3/t14-/m0/s1. The summed E-state index contributed by atoms with van der Waals surface area (Å²) < 4.78 is 20.0. The van der Waals surface area contributed by atoms with Gasteiger partial charge in [-0.25, -0.2) is 14.2 Å². The molecule has 2 saturated heterocycles. The number of carbonyl (C=O) groups is 1. The van der Waals surface area contributed by atoms with Gasteiger partial charge < -0.3 is 19.4 Å². The molecule has 0 saturated carbocycles. The minimum atomic E-state index is -0.786. The Morgan fingerprint density at radius 2 is 1.92 bits per heavy atom. The van der Waals surface area contributed by atoms with Gasteiger partial charge in [-0.15, -0.1) is 0 Å². The molecular formula is C18H26BrFN4O2. The Bertz CT molecular complexity index is 659. The van der Waals surface area contributed by atoms with Gasteiger partial charge in [0, 0.05) is 49.9 Å². The van der Waals surface area contributed by atoms with E-state index in [4.69, 9.17) is 4.74 Å². The van der Waals surface area contributed by atoms with Crippen LogP contribution in [0, 0.1) is 0 Å². The molecule has 0 aromatic carbocycles. The van der Waals surface area contributed by atoms with Gasteiger partial charge in [-0.3, -0.25) is 0 Å². The zero-order valence-corrected chi connectivity index (χ0v) is 17.1. The summed E-state index contributed by atoms with van der Waals surface area (Å²) in [5, 5.41) is 0. The molecule has 1 amide bonds. The number of aromatic nitrogens is 1. The number of ether oxygens (including phenoxy) is 1. The summed E-state index contributed by atoms with van der Waals surface area (Å²) in [4.78, 5) is 22.8. The van der Waals surface area contributed by atoms with E-state index < -0.39 is 11.8 Å². The molecule has 0 bridgehead atoms. The molecule has 0 radical (unpaired) electrons. The van der Waals surface area contributed by atoms with Crippen molar-refractivity contribution in [3.8, 4) is 0 Å². The maximum atomic E-state index is 13.7. The predicted molar refractivity (Wildman–Crippen MR) is 104 cm³/mol. The molecule has 1 atom stereocenters. The molecule has 2 aliphatic heterocycles. The molecule has 2 aliphatic rings. The zero-order valence-electron chi connectivity index (χ0n) is 15.5. The van der Waals surface area contributed by atoms with E-state index in [9.17, 15) is 9.18 Å². The number of rotatable bonds is 2. The number of carbonyl (C=O) groups excluding carboxylic acids is 1. The summed E-state index contributed by atoms with van der Waals surface area (Å²) in [5.41, 5.74) is 0.457. The van der Waals surface area contributed by atoms with Crippen molar-refractivity contribution in [3.05, 3.63) is 16.7 Å². The lowest BCUT2D eigenvalue weighted by molar-refractivity contribution is 0.0240. The molecule has 1 aromatic rings. The molecule has 144 valence electrons. The second-order valence-electron chi connectivity index (χ2n) is 7.78. The normalized spacial score (nSPS) is 21.3. The number of alkyl halides is 1. The molecule has 0 spiro atoms. The first-order valence-corrected chi connectivity index (χ1v) is 9.80. The second kappa shape index (κ2) is 7.58. The summed E-state index contributed by atoms with van der Waals surface area (Å²) in [6.07, 6.45) is 1.26. The Balaban J connectivity index is 1.69. The minimum Gasteiger partial charge on any atom is -0.444 e. The minimum absolute atomic E-state index is 0.277. The summed E-state index contributed by atoms with van der Waals surface area (Å²) >= 11 is 3.47. The first-order chi connectivity index (χ1) is 12.2. The fourth-order valence-electron chi connectivity index (χ4n) is 3.26. The third-order valence-electron chi connectivity index (χ3n) is 4.52. The van der Waals surface area contributed by atoms with Crippen molar-refractivity contribution in [1.29, 1.82) is 0 Å². The zero-order chi connectivity index (χ0) is 18.9. The van der Waals surface area contributed by atoms with E-state index in [-0.39, 0.29) is 6.09 Å². The first kappa shape index (κ1) is 19.2. The third kappa shape index (κ3) is 4.58. The van der Waals surface area contributed by atoms with Crippen molar-refractivity contribution in [3.63, 3.8) is 0 Å². The van der Waals surface area contributed by atoms with Crippen LogP contribution in [0.25, 0.3) is 0 Å². The third-order valence-corrected chi connectivity index (χ3v) is 4.95. The molecule has 0 aliphatic carbocycles. The molecule has 6 nitrogen and oxygen atoms in total. The molecule has 8 heteroatoms. The van der Waals surface area contributed by atoms with E-state index in [2.05, 4.69) is 30.7 Å². The Morgan fingerprint density at radius 3 is 2.50 bits per heavy atom. The highest BCUT2D eigenvalue weighted by molar-refractivity contribution is 9.10. The average Bonchev–Trinajstić information content (AvgIpc) is 3.00. The average molecular weight is 429 g/mol. The summed E-state index contributed by atoms with van der Waals surface area (Å²) in [7, 11) is 0. The molecule has 3 heterocycles. The molecule has 0 unspecified atom stereocenters.